The number of thiazole rings is 1. The van der Waals surface area contributed by atoms with E-state index >= 15 is 0 Å². The first-order valence-corrected chi connectivity index (χ1v) is 13.2. The molecule has 38 heavy (non-hydrogen) atoms. The lowest BCUT2D eigenvalue weighted by Crippen LogP contribution is -2.28. The highest BCUT2D eigenvalue weighted by Gasteiger charge is 2.39. The zero-order chi connectivity index (χ0) is 26.8. The van der Waals surface area contributed by atoms with Gasteiger partial charge in [0.15, 0.2) is 4.96 Å². The lowest BCUT2D eigenvalue weighted by atomic mass is 9.84. The molecule has 0 bridgehead atoms. The van der Waals surface area contributed by atoms with Gasteiger partial charge in [0, 0.05) is 72.0 Å². The quantitative estimate of drug-likeness (QED) is 0.374. The number of aromatic nitrogens is 2. The number of hydrogen-bond acceptors (Lipinski definition) is 7. The lowest BCUT2D eigenvalue weighted by molar-refractivity contribution is -0.134. The number of carboxylic acid groups (broad SMARTS) is 2. The number of rotatable bonds is 5. The number of fused-ring (bicyclic) bond motifs is 6. The van der Waals surface area contributed by atoms with E-state index in [1.807, 2.05) is 18.5 Å². The maximum Gasteiger partial charge on any atom is 0.328 e. The average Bonchev–Trinajstić information content (AvgIpc) is 3.54. The fourth-order valence-electron chi connectivity index (χ4n) is 5.34. The topological polar surface area (TPSA) is 121 Å². The van der Waals surface area contributed by atoms with Gasteiger partial charge in [0.05, 0.1) is 6.61 Å². The Balaban J connectivity index is 0.000000323. The van der Waals surface area contributed by atoms with Crippen LogP contribution >= 0.6 is 11.3 Å². The minimum Gasteiger partial charge on any atom is -0.493 e. The highest BCUT2D eigenvalue weighted by molar-refractivity contribution is 7.15. The van der Waals surface area contributed by atoms with Crippen LogP contribution in [0.5, 0.6) is 5.75 Å². The van der Waals surface area contributed by atoms with Crippen LogP contribution in [0.2, 0.25) is 0 Å². The number of aliphatic carboxylic acids is 2. The Morgan fingerprint density at radius 2 is 1.89 bits per heavy atom. The van der Waals surface area contributed by atoms with Gasteiger partial charge in [-0.25, -0.2) is 14.6 Å². The highest BCUT2D eigenvalue weighted by Crippen LogP contribution is 2.45. The maximum absolute atomic E-state index is 12.9. The monoisotopic (exact) mass is 533 g/mol. The standard InChI is InChI=1S/C24H23N3O2S.C4H4O4/c1-15-18(23(28)27-10-11-30-24(27)25-15)8-9-26-12-17-14-29-21-7-6-16-4-2-3-5-19(16)22(21)20(17)13-26;5-3(6)1-2-4(7)8/h2-7,10-11,17,20H,8-9,12-14H2,1H3;1-2H,(H,5,6)(H,7,8)/b;2-1+/t17-,20-;/m0./s1. The second-order valence-corrected chi connectivity index (χ2v) is 10.3. The predicted molar refractivity (Wildman–Crippen MR) is 144 cm³/mol. The number of benzene rings is 2. The Labute approximate surface area is 222 Å². The summed E-state index contributed by atoms with van der Waals surface area (Å²) in [7, 11) is 0. The molecule has 196 valence electrons. The molecule has 2 N–H and O–H groups in total. The van der Waals surface area contributed by atoms with Crippen LogP contribution in [0.4, 0.5) is 0 Å². The lowest BCUT2D eigenvalue weighted by Gasteiger charge is -2.29. The Hall–Kier alpha value is -4.02. The highest BCUT2D eigenvalue weighted by atomic mass is 32.1. The summed E-state index contributed by atoms with van der Waals surface area (Å²) < 4.78 is 7.82. The van der Waals surface area contributed by atoms with Gasteiger partial charge in [-0.1, -0.05) is 30.3 Å². The van der Waals surface area contributed by atoms with Gasteiger partial charge in [0.1, 0.15) is 5.75 Å². The van der Waals surface area contributed by atoms with Gasteiger partial charge in [-0.3, -0.25) is 9.20 Å². The van der Waals surface area contributed by atoms with E-state index in [4.69, 9.17) is 14.9 Å². The van der Waals surface area contributed by atoms with Crippen molar-refractivity contribution in [3.8, 4) is 5.75 Å². The van der Waals surface area contributed by atoms with Crippen LogP contribution in [0.1, 0.15) is 22.7 Å². The number of nitrogens with zero attached hydrogens (tertiary/aromatic N) is 3. The normalized spacial score (nSPS) is 18.6. The smallest absolute Gasteiger partial charge is 0.328 e. The predicted octanol–water partition coefficient (Wildman–Crippen LogP) is 3.58. The summed E-state index contributed by atoms with van der Waals surface area (Å²) >= 11 is 1.50. The van der Waals surface area contributed by atoms with E-state index in [1.54, 1.807) is 4.40 Å². The van der Waals surface area contributed by atoms with E-state index in [0.717, 1.165) is 54.6 Å². The molecule has 0 unspecified atom stereocenters. The molecule has 0 spiro atoms. The SMILES string of the molecule is Cc1nc2sccn2c(=O)c1CCN1C[C@H]2COc3ccc4ccccc4c3[C@H]2C1.O=C(O)/C=C/C(=O)O. The van der Waals surface area contributed by atoms with Gasteiger partial charge >= 0.3 is 11.9 Å². The summed E-state index contributed by atoms with van der Waals surface area (Å²) in [4.78, 5) is 39.9. The third-order valence-corrected chi connectivity index (χ3v) is 7.84. The van der Waals surface area contributed by atoms with Gasteiger partial charge in [-0.15, -0.1) is 11.3 Å². The number of likely N-dealkylation sites (tertiary alicyclic amines) is 1. The third kappa shape index (κ3) is 5.18. The van der Waals surface area contributed by atoms with Gasteiger partial charge in [-0.05, 0) is 30.2 Å². The summed E-state index contributed by atoms with van der Waals surface area (Å²) in [6, 6.07) is 12.9. The Bertz CT molecular complexity index is 1590. The van der Waals surface area contributed by atoms with Crippen LogP contribution < -0.4 is 10.3 Å². The molecule has 1 saturated heterocycles. The molecule has 0 saturated carbocycles. The minimum atomic E-state index is -1.26. The fraction of sp³-hybridized carbons (Fsp3) is 0.286. The Kier molecular flexibility index (Phi) is 7.26. The largest absolute Gasteiger partial charge is 0.493 e. The van der Waals surface area contributed by atoms with Crippen molar-refractivity contribution < 1.29 is 24.5 Å². The number of hydrogen-bond donors (Lipinski definition) is 2. The van der Waals surface area contributed by atoms with E-state index in [-0.39, 0.29) is 5.56 Å². The second kappa shape index (κ2) is 10.8. The molecule has 2 aliphatic heterocycles. The van der Waals surface area contributed by atoms with Crippen molar-refractivity contribution in [2.75, 3.05) is 26.2 Å². The zero-order valence-corrected chi connectivity index (χ0v) is 21.6. The van der Waals surface area contributed by atoms with Crippen molar-refractivity contribution in [1.29, 1.82) is 0 Å². The summed E-state index contributed by atoms with van der Waals surface area (Å²) in [6.07, 6.45) is 3.67. The molecule has 1 fully saturated rings. The molecule has 0 radical (unpaired) electrons. The first kappa shape index (κ1) is 25.6. The van der Waals surface area contributed by atoms with Crippen molar-refractivity contribution >= 4 is 39.0 Å². The Morgan fingerprint density at radius 1 is 1.13 bits per heavy atom. The minimum absolute atomic E-state index is 0.0787. The van der Waals surface area contributed by atoms with E-state index in [1.165, 1.54) is 27.7 Å². The van der Waals surface area contributed by atoms with Crippen molar-refractivity contribution in [3.63, 3.8) is 0 Å². The van der Waals surface area contributed by atoms with Gasteiger partial charge < -0.3 is 19.8 Å². The first-order chi connectivity index (χ1) is 18.3. The number of ether oxygens (including phenoxy) is 1. The van der Waals surface area contributed by atoms with Crippen LogP contribution in [-0.4, -0.2) is 62.7 Å². The molecule has 0 aliphatic carbocycles. The van der Waals surface area contributed by atoms with Crippen molar-refractivity contribution in [1.82, 2.24) is 14.3 Å². The molecule has 2 aliphatic rings. The van der Waals surface area contributed by atoms with E-state index in [2.05, 4.69) is 46.3 Å². The third-order valence-electron chi connectivity index (χ3n) is 7.08. The second-order valence-electron chi connectivity index (χ2n) is 9.43. The molecule has 9 nitrogen and oxygen atoms in total. The summed E-state index contributed by atoms with van der Waals surface area (Å²) in [5, 5.41) is 20.1. The Morgan fingerprint density at radius 3 is 2.66 bits per heavy atom. The number of carbonyl (C=O) groups is 2. The van der Waals surface area contributed by atoms with Gasteiger partial charge in [-0.2, -0.15) is 0 Å². The molecule has 4 aromatic rings. The number of carboxylic acids is 2. The van der Waals surface area contributed by atoms with Crippen LogP contribution in [0.25, 0.3) is 15.7 Å². The van der Waals surface area contributed by atoms with Crippen LogP contribution in [0.15, 0.2) is 64.9 Å². The molecule has 2 aromatic carbocycles. The van der Waals surface area contributed by atoms with E-state index in [0.29, 0.717) is 24.0 Å². The molecule has 6 rings (SSSR count). The molecule has 4 heterocycles. The van der Waals surface area contributed by atoms with Crippen molar-refractivity contribution in [2.45, 2.75) is 19.3 Å². The van der Waals surface area contributed by atoms with Crippen LogP contribution in [0.3, 0.4) is 0 Å². The maximum atomic E-state index is 12.9. The summed E-state index contributed by atoms with van der Waals surface area (Å²) in [5.74, 6) is -0.486. The van der Waals surface area contributed by atoms with Gasteiger partial charge in [0.2, 0.25) is 0 Å². The summed E-state index contributed by atoms with van der Waals surface area (Å²) in [5.41, 5.74) is 3.14. The fourth-order valence-corrected chi connectivity index (χ4v) is 6.09. The van der Waals surface area contributed by atoms with E-state index in [9.17, 15) is 14.4 Å². The van der Waals surface area contributed by atoms with Crippen molar-refractivity contribution in [2.24, 2.45) is 5.92 Å². The van der Waals surface area contributed by atoms with Crippen LogP contribution in [0, 0.1) is 12.8 Å². The zero-order valence-electron chi connectivity index (χ0n) is 20.7. The summed E-state index contributed by atoms with van der Waals surface area (Å²) in [6.45, 7) is 5.64. The van der Waals surface area contributed by atoms with Gasteiger partial charge in [0.25, 0.3) is 5.56 Å². The van der Waals surface area contributed by atoms with E-state index < -0.39 is 11.9 Å². The van der Waals surface area contributed by atoms with Crippen LogP contribution in [-0.2, 0) is 16.0 Å². The molecular formula is C28H27N3O6S. The first-order valence-electron chi connectivity index (χ1n) is 12.3. The number of aryl methyl sites for hydroxylation is 1. The van der Waals surface area contributed by atoms with Crippen molar-refractivity contribution in [3.05, 3.63) is 87.3 Å². The molecule has 2 aromatic heterocycles. The molecule has 0 amide bonds. The molecular weight excluding hydrogens is 506 g/mol. The average molecular weight is 534 g/mol. The molecule has 10 heteroatoms. The molecule has 2 atom stereocenters.